The van der Waals surface area contributed by atoms with Gasteiger partial charge in [-0.15, -0.1) is 0 Å². The summed E-state index contributed by atoms with van der Waals surface area (Å²) < 4.78 is 5.62. The van der Waals surface area contributed by atoms with Crippen LogP contribution in [0.4, 0.5) is 0 Å². The molecule has 1 unspecified atom stereocenters. The highest BCUT2D eigenvalue weighted by Gasteiger charge is 2.42. The van der Waals surface area contributed by atoms with Crippen LogP contribution in [0.1, 0.15) is 6.42 Å². The van der Waals surface area contributed by atoms with E-state index in [4.69, 9.17) is 4.43 Å². The van der Waals surface area contributed by atoms with Crippen molar-refractivity contribution in [1.82, 2.24) is 9.96 Å². The van der Waals surface area contributed by atoms with Gasteiger partial charge in [0.2, 0.25) is 0 Å². The third-order valence-electron chi connectivity index (χ3n) is 1.98. The Morgan fingerprint density at radius 2 is 2.11 bits per heavy atom. The lowest BCUT2D eigenvalue weighted by atomic mass is 10.5. The quantitative estimate of drug-likeness (QED) is 0.451. The molecule has 0 amide bonds. The Kier molecular flexibility index (Phi) is 1.33. The smallest absolute Gasteiger partial charge is 0.352 e. The van der Waals surface area contributed by atoms with Gasteiger partial charge in [0.25, 0.3) is 0 Å². The van der Waals surface area contributed by atoms with Gasteiger partial charge in [0.15, 0.2) is 0 Å². The molecule has 0 aromatic carbocycles. The Morgan fingerprint density at radius 1 is 1.22 bits per heavy atom. The van der Waals surface area contributed by atoms with E-state index in [1.807, 2.05) is 0 Å². The Hall–Kier alpha value is 0.0969. The molecule has 2 rings (SSSR count). The summed E-state index contributed by atoms with van der Waals surface area (Å²) in [4.78, 5) is 6.88. The second-order valence-electron chi connectivity index (χ2n) is 2.63. The van der Waals surface area contributed by atoms with Crippen molar-refractivity contribution in [3.8, 4) is 0 Å². The fourth-order valence-electron chi connectivity index (χ4n) is 1.52. The second kappa shape index (κ2) is 2.05. The molecule has 0 radical (unpaired) electrons. The van der Waals surface area contributed by atoms with Gasteiger partial charge < -0.3 is 14.4 Å². The van der Waals surface area contributed by atoms with Crippen LogP contribution in [-0.2, 0) is 4.43 Å². The van der Waals surface area contributed by atoms with Gasteiger partial charge in [-0.3, -0.25) is 0 Å². The molecule has 2 heterocycles. The van der Waals surface area contributed by atoms with Crippen molar-refractivity contribution in [3.63, 3.8) is 0 Å². The average Bonchev–Trinajstić information content (AvgIpc) is 2.45. The molecule has 0 aliphatic carbocycles. The molecular weight excluding hydrogens is 132 g/mol. The van der Waals surface area contributed by atoms with Crippen LogP contribution in [0.25, 0.3) is 0 Å². The van der Waals surface area contributed by atoms with Crippen molar-refractivity contribution < 1.29 is 4.43 Å². The van der Waals surface area contributed by atoms with E-state index in [1.54, 1.807) is 0 Å². The first-order valence-electron chi connectivity index (χ1n) is 3.55. The third kappa shape index (κ3) is 0.919. The second-order valence-corrected chi connectivity index (χ2v) is 5.78. The molecular formula is C5H12N2OSi. The fraction of sp³-hybridized carbons (Fsp3) is 1.00. The molecule has 1 atom stereocenters. The fourth-order valence-corrected chi connectivity index (χ4v) is 4.56. The number of nitrogens with one attached hydrogen (secondary N) is 2. The number of rotatable bonds is 0. The Bertz CT molecular complexity index is 90.0. The molecule has 0 bridgehead atoms. The lowest BCUT2D eigenvalue weighted by Gasteiger charge is -2.17. The molecule has 0 aromatic heterocycles. The van der Waals surface area contributed by atoms with E-state index < -0.39 is 8.64 Å². The zero-order valence-electron chi connectivity index (χ0n) is 5.44. The molecule has 4 heteroatoms. The molecule has 2 saturated heterocycles. The third-order valence-corrected chi connectivity index (χ3v) is 5.37. The van der Waals surface area contributed by atoms with Gasteiger partial charge in [-0.2, -0.15) is 0 Å². The largest absolute Gasteiger partial charge is 0.390 e. The summed E-state index contributed by atoms with van der Waals surface area (Å²) in [6.45, 7) is 3.12. The molecule has 2 aliphatic heterocycles. The minimum atomic E-state index is -1.47. The van der Waals surface area contributed by atoms with Gasteiger partial charge in [0.05, 0.1) is 0 Å². The van der Waals surface area contributed by atoms with Crippen molar-refractivity contribution in [2.75, 3.05) is 19.7 Å². The standard InChI is InChI=1S/C5H12N2OSi/c1-2-6-9(5-1)7-3-4-8-9/h6-7H,1-5H2. The first kappa shape index (κ1) is 5.85. The highest BCUT2D eigenvalue weighted by Crippen LogP contribution is 2.16. The highest BCUT2D eigenvalue weighted by atomic mass is 28.4. The van der Waals surface area contributed by atoms with Gasteiger partial charge >= 0.3 is 8.64 Å². The SMILES string of the molecule is C1CN[Si]2(C1)NCCO2. The van der Waals surface area contributed by atoms with E-state index in [1.165, 1.54) is 12.5 Å². The summed E-state index contributed by atoms with van der Waals surface area (Å²) in [6.07, 6.45) is 1.29. The predicted molar refractivity (Wildman–Crippen MR) is 37.1 cm³/mol. The summed E-state index contributed by atoms with van der Waals surface area (Å²) in [6, 6.07) is 1.26. The van der Waals surface area contributed by atoms with Crippen LogP contribution < -0.4 is 9.96 Å². The van der Waals surface area contributed by atoms with E-state index >= 15 is 0 Å². The van der Waals surface area contributed by atoms with E-state index in [2.05, 4.69) is 9.96 Å². The normalized spacial score (nSPS) is 42.7. The van der Waals surface area contributed by atoms with Gasteiger partial charge in [0.1, 0.15) is 0 Å². The van der Waals surface area contributed by atoms with Crippen LogP contribution >= 0.6 is 0 Å². The summed E-state index contributed by atoms with van der Waals surface area (Å²) >= 11 is 0. The molecule has 2 fully saturated rings. The Morgan fingerprint density at radius 3 is 2.67 bits per heavy atom. The summed E-state index contributed by atoms with van der Waals surface area (Å²) in [7, 11) is -1.47. The number of hydrogen-bond donors (Lipinski definition) is 2. The Balaban J connectivity index is 2.04. The number of hydrogen-bond acceptors (Lipinski definition) is 3. The van der Waals surface area contributed by atoms with Crippen LogP contribution in [0, 0.1) is 0 Å². The average molecular weight is 144 g/mol. The van der Waals surface area contributed by atoms with Crippen LogP contribution in [-0.4, -0.2) is 28.3 Å². The van der Waals surface area contributed by atoms with Crippen molar-refractivity contribution in [3.05, 3.63) is 0 Å². The first-order chi connectivity index (χ1) is 4.41. The van der Waals surface area contributed by atoms with Crippen molar-refractivity contribution in [2.45, 2.75) is 12.5 Å². The van der Waals surface area contributed by atoms with Crippen LogP contribution in [0.2, 0.25) is 6.04 Å². The molecule has 0 aromatic rings. The molecule has 0 saturated carbocycles. The lowest BCUT2D eigenvalue weighted by Crippen LogP contribution is -2.56. The van der Waals surface area contributed by atoms with Gasteiger partial charge in [-0.05, 0) is 19.0 Å². The predicted octanol–water partition coefficient (Wildman–Crippen LogP) is -0.462. The first-order valence-corrected chi connectivity index (χ1v) is 5.67. The summed E-state index contributed by atoms with van der Waals surface area (Å²) in [5, 5.41) is 0. The maximum Gasteiger partial charge on any atom is 0.352 e. The van der Waals surface area contributed by atoms with Crippen LogP contribution in [0.15, 0.2) is 0 Å². The van der Waals surface area contributed by atoms with Gasteiger partial charge in [-0.25, -0.2) is 0 Å². The molecule has 2 N–H and O–H groups in total. The van der Waals surface area contributed by atoms with E-state index in [0.717, 1.165) is 19.7 Å². The maximum absolute atomic E-state index is 5.62. The Labute approximate surface area is 56.1 Å². The van der Waals surface area contributed by atoms with E-state index in [-0.39, 0.29) is 0 Å². The van der Waals surface area contributed by atoms with Crippen molar-refractivity contribution in [1.29, 1.82) is 0 Å². The minimum absolute atomic E-state index is 0.916. The molecule has 1 spiro atoms. The zero-order valence-corrected chi connectivity index (χ0v) is 6.44. The van der Waals surface area contributed by atoms with Crippen LogP contribution in [0.3, 0.4) is 0 Å². The monoisotopic (exact) mass is 144 g/mol. The lowest BCUT2D eigenvalue weighted by molar-refractivity contribution is 0.348. The highest BCUT2D eigenvalue weighted by molar-refractivity contribution is 6.69. The van der Waals surface area contributed by atoms with Gasteiger partial charge in [0, 0.05) is 13.2 Å². The van der Waals surface area contributed by atoms with Crippen LogP contribution in [0.5, 0.6) is 0 Å². The molecule has 3 nitrogen and oxygen atoms in total. The van der Waals surface area contributed by atoms with Crippen molar-refractivity contribution >= 4 is 8.64 Å². The maximum atomic E-state index is 5.62. The van der Waals surface area contributed by atoms with E-state index in [9.17, 15) is 0 Å². The van der Waals surface area contributed by atoms with Crippen molar-refractivity contribution in [2.24, 2.45) is 0 Å². The zero-order chi connectivity index (χ0) is 6.16. The molecule has 2 aliphatic rings. The summed E-state index contributed by atoms with van der Waals surface area (Å²) in [5.41, 5.74) is 0. The van der Waals surface area contributed by atoms with E-state index in [0.29, 0.717) is 0 Å². The van der Waals surface area contributed by atoms with Gasteiger partial charge in [-0.1, -0.05) is 0 Å². The topological polar surface area (TPSA) is 33.3 Å². The minimum Gasteiger partial charge on any atom is -0.390 e. The molecule has 52 valence electrons. The summed E-state index contributed by atoms with van der Waals surface area (Å²) in [5.74, 6) is 0. The molecule has 9 heavy (non-hydrogen) atoms.